The number of para-hydroxylation sites is 1. The van der Waals surface area contributed by atoms with E-state index in [1.807, 2.05) is 42.5 Å². The van der Waals surface area contributed by atoms with Gasteiger partial charge in [0.05, 0.1) is 18.5 Å². The molecule has 0 unspecified atom stereocenters. The lowest BCUT2D eigenvalue weighted by Gasteiger charge is -2.14. The second-order valence-corrected chi connectivity index (χ2v) is 6.96. The van der Waals surface area contributed by atoms with Crippen LogP contribution in [0.4, 0.5) is 5.69 Å². The summed E-state index contributed by atoms with van der Waals surface area (Å²) in [4.78, 5) is 30.4. The van der Waals surface area contributed by atoms with Crippen LogP contribution in [-0.2, 0) is 13.1 Å². The molecule has 0 fully saturated rings. The number of hydrogen-bond donors (Lipinski definition) is 1. The molecule has 0 atom stereocenters. The summed E-state index contributed by atoms with van der Waals surface area (Å²) in [7, 11) is 0. The van der Waals surface area contributed by atoms with Crippen LogP contribution >= 0.6 is 0 Å². The van der Waals surface area contributed by atoms with Gasteiger partial charge in [0.2, 0.25) is 0 Å². The fourth-order valence-corrected chi connectivity index (χ4v) is 3.32. The van der Waals surface area contributed by atoms with Crippen molar-refractivity contribution < 1.29 is 4.74 Å². The van der Waals surface area contributed by atoms with E-state index in [2.05, 4.69) is 4.98 Å². The van der Waals surface area contributed by atoms with Crippen LogP contribution in [0.1, 0.15) is 12.0 Å². The number of ether oxygens (including phenoxy) is 1. The molecule has 152 valence electrons. The molecule has 0 bridgehead atoms. The molecule has 0 aliphatic rings. The normalized spacial score (nSPS) is 10.9. The maximum absolute atomic E-state index is 13.2. The first-order valence-electron chi connectivity index (χ1n) is 9.74. The minimum Gasteiger partial charge on any atom is -0.494 e. The Labute approximate surface area is 173 Å². The predicted octanol–water partition coefficient (Wildman–Crippen LogP) is 2.66. The third-order valence-electron chi connectivity index (χ3n) is 4.84. The predicted molar refractivity (Wildman–Crippen MR) is 117 cm³/mol. The van der Waals surface area contributed by atoms with E-state index in [0.29, 0.717) is 36.3 Å². The van der Waals surface area contributed by atoms with Crippen molar-refractivity contribution in [2.45, 2.75) is 19.5 Å². The molecule has 2 aromatic heterocycles. The summed E-state index contributed by atoms with van der Waals surface area (Å²) >= 11 is 0. The molecule has 0 spiro atoms. The molecule has 4 rings (SSSR count). The monoisotopic (exact) mass is 402 g/mol. The first kappa shape index (κ1) is 19.4. The maximum atomic E-state index is 13.2. The Morgan fingerprint density at radius 1 is 0.900 bits per heavy atom. The number of anilines is 1. The molecular weight excluding hydrogens is 380 g/mol. The zero-order valence-electron chi connectivity index (χ0n) is 16.4. The topological polar surface area (TPSA) is 92.1 Å². The van der Waals surface area contributed by atoms with Crippen LogP contribution in [0.2, 0.25) is 0 Å². The van der Waals surface area contributed by atoms with E-state index in [9.17, 15) is 9.59 Å². The summed E-state index contributed by atoms with van der Waals surface area (Å²) in [5, 5.41) is 0.413. The first-order valence-corrected chi connectivity index (χ1v) is 9.74. The van der Waals surface area contributed by atoms with Crippen molar-refractivity contribution in [1.82, 2.24) is 14.1 Å². The lowest BCUT2D eigenvalue weighted by molar-refractivity contribution is 0.299. The number of nitrogens with two attached hydrogens (primary N) is 1. The third kappa shape index (κ3) is 4.10. The van der Waals surface area contributed by atoms with Crippen LogP contribution < -0.4 is 21.7 Å². The molecule has 0 radical (unpaired) electrons. The minimum atomic E-state index is -0.386. The molecule has 2 heterocycles. The van der Waals surface area contributed by atoms with Crippen molar-refractivity contribution in [1.29, 1.82) is 0 Å². The van der Waals surface area contributed by atoms with E-state index in [1.165, 1.54) is 9.13 Å². The van der Waals surface area contributed by atoms with Gasteiger partial charge in [-0.1, -0.05) is 30.3 Å². The van der Waals surface area contributed by atoms with Crippen LogP contribution in [0.15, 0.2) is 82.5 Å². The van der Waals surface area contributed by atoms with E-state index in [-0.39, 0.29) is 17.8 Å². The fourth-order valence-electron chi connectivity index (χ4n) is 3.32. The van der Waals surface area contributed by atoms with Crippen LogP contribution in [0.5, 0.6) is 5.75 Å². The van der Waals surface area contributed by atoms with Crippen LogP contribution in [0, 0.1) is 0 Å². The molecule has 7 nitrogen and oxygen atoms in total. The van der Waals surface area contributed by atoms with Gasteiger partial charge >= 0.3 is 5.69 Å². The lowest BCUT2D eigenvalue weighted by Crippen LogP contribution is -2.40. The highest BCUT2D eigenvalue weighted by molar-refractivity contribution is 5.73. The van der Waals surface area contributed by atoms with Crippen molar-refractivity contribution in [2.24, 2.45) is 0 Å². The molecule has 0 saturated heterocycles. The molecular formula is C23H22N4O3. The van der Waals surface area contributed by atoms with E-state index >= 15 is 0 Å². The molecule has 0 aliphatic heterocycles. The summed E-state index contributed by atoms with van der Waals surface area (Å²) in [6.45, 7) is 0.962. The van der Waals surface area contributed by atoms with Gasteiger partial charge in [0.25, 0.3) is 5.56 Å². The van der Waals surface area contributed by atoms with Gasteiger partial charge in [0, 0.05) is 18.4 Å². The van der Waals surface area contributed by atoms with Gasteiger partial charge in [0.1, 0.15) is 11.4 Å². The summed E-state index contributed by atoms with van der Waals surface area (Å²) in [6.07, 6.45) is 2.11. The van der Waals surface area contributed by atoms with E-state index in [4.69, 9.17) is 10.5 Å². The summed E-state index contributed by atoms with van der Waals surface area (Å²) in [5.74, 6) is 0.758. The standard InChI is InChI=1S/C23H22N4O3/c24-18-11-9-17(10-12-18)16-27-21-20(8-4-13-25-21)22(28)26(23(27)29)14-5-15-30-19-6-2-1-3-7-19/h1-4,6-13H,5,14-16,24H2. The molecule has 0 saturated carbocycles. The SMILES string of the molecule is Nc1ccc(Cn2c(=O)n(CCCOc3ccccc3)c(=O)c3cccnc32)cc1. The number of nitrogen functional groups attached to an aromatic ring is 1. The molecule has 4 aromatic rings. The Hall–Kier alpha value is -3.87. The summed E-state index contributed by atoms with van der Waals surface area (Å²) < 4.78 is 8.47. The minimum absolute atomic E-state index is 0.261. The third-order valence-corrected chi connectivity index (χ3v) is 4.84. The number of rotatable bonds is 7. The molecule has 2 N–H and O–H groups in total. The molecule has 0 aliphatic carbocycles. The van der Waals surface area contributed by atoms with Gasteiger partial charge in [-0.3, -0.25) is 13.9 Å². The van der Waals surface area contributed by atoms with Crippen molar-refractivity contribution in [2.75, 3.05) is 12.3 Å². The van der Waals surface area contributed by atoms with Crippen molar-refractivity contribution in [3.63, 3.8) is 0 Å². The number of benzene rings is 2. The first-order chi connectivity index (χ1) is 14.6. The van der Waals surface area contributed by atoms with Gasteiger partial charge in [-0.25, -0.2) is 9.78 Å². The fraction of sp³-hybridized carbons (Fsp3) is 0.174. The Bertz CT molecular complexity index is 1260. The Morgan fingerprint density at radius 3 is 2.43 bits per heavy atom. The Kier molecular flexibility index (Phi) is 5.61. The van der Waals surface area contributed by atoms with Gasteiger partial charge in [0.15, 0.2) is 0 Å². The number of fused-ring (bicyclic) bond motifs is 1. The van der Waals surface area contributed by atoms with Crippen LogP contribution in [0.3, 0.4) is 0 Å². The Balaban J connectivity index is 1.63. The molecule has 0 amide bonds. The van der Waals surface area contributed by atoms with Crippen LogP contribution in [-0.4, -0.2) is 20.7 Å². The maximum Gasteiger partial charge on any atom is 0.332 e. The average molecular weight is 402 g/mol. The van der Waals surface area contributed by atoms with Crippen LogP contribution in [0.25, 0.3) is 11.0 Å². The zero-order chi connectivity index (χ0) is 20.9. The summed E-state index contributed by atoms with van der Waals surface area (Å²) in [5.41, 5.74) is 6.96. The van der Waals surface area contributed by atoms with Crippen molar-refractivity contribution in [3.05, 3.63) is 99.3 Å². The van der Waals surface area contributed by atoms with E-state index in [1.54, 1.807) is 30.5 Å². The smallest absolute Gasteiger partial charge is 0.332 e. The molecule has 7 heteroatoms. The highest BCUT2D eigenvalue weighted by atomic mass is 16.5. The zero-order valence-corrected chi connectivity index (χ0v) is 16.4. The highest BCUT2D eigenvalue weighted by Gasteiger charge is 2.14. The van der Waals surface area contributed by atoms with E-state index < -0.39 is 0 Å². The number of hydrogen-bond acceptors (Lipinski definition) is 5. The lowest BCUT2D eigenvalue weighted by atomic mass is 10.2. The highest BCUT2D eigenvalue weighted by Crippen LogP contribution is 2.11. The second-order valence-electron chi connectivity index (χ2n) is 6.96. The molecule has 30 heavy (non-hydrogen) atoms. The second kappa shape index (κ2) is 8.65. The van der Waals surface area contributed by atoms with Gasteiger partial charge in [-0.15, -0.1) is 0 Å². The van der Waals surface area contributed by atoms with Gasteiger partial charge in [-0.05, 0) is 48.4 Å². The van der Waals surface area contributed by atoms with Gasteiger partial charge in [-0.2, -0.15) is 0 Å². The Morgan fingerprint density at radius 2 is 1.67 bits per heavy atom. The largest absolute Gasteiger partial charge is 0.494 e. The molecule has 2 aromatic carbocycles. The number of nitrogens with zero attached hydrogens (tertiary/aromatic N) is 3. The van der Waals surface area contributed by atoms with Gasteiger partial charge < -0.3 is 10.5 Å². The number of pyridine rings is 1. The quantitative estimate of drug-likeness (QED) is 0.379. The van der Waals surface area contributed by atoms with Crippen molar-refractivity contribution >= 4 is 16.7 Å². The average Bonchev–Trinajstić information content (AvgIpc) is 2.78. The summed E-state index contributed by atoms with van der Waals surface area (Å²) in [6, 6.07) is 20.1. The van der Waals surface area contributed by atoms with E-state index in [0.717, 1.165) is 11.3 Å². The van der Waals surface area contributed by atoms with Crippen molar-refractivity contribution in [3.8, 4) is 5.75 Å². The number of aromatic nitrogens is 3.